The summed E-state index contributed by atoms with van der Waals surface area (Å²) in [5.74, 6) is -0.0976. The summed E-state index contributed by atoms with van der Waals surface area (Å²) in [7, 11) is 0. The summed E-state index contributed by atoms with van der Waals surface area (Å²) in [5.41, 5.74) is 0. The molecule has 0 aliphatic rings. The van der Waals surface area contributed by atoms with Crippen molar-refractivity contribution < 1.29 is 15.0 Å². The second-order valence-electron chi connectivity index (χ2n) is 17.9. The summed E-state index contributed by atoms with van der Waals surface area (Å²) in [6, 6.07) is -0.661. The van der Waals surface area contributed by atoms with E-state index < -0.39 is 12.1 Å². The van der Waals surface area contributed by atoms with E-state index in [1.165, 1.54) is 109 Å². The molecule has 0 spiro atoms. The fourth-order valence-corrected chi connectivity index (χ4v) is 7.48. The van der Waals surface area contributed by atoms with E-state index in [4.69, 9.17) is 0 Å². The van der Waals surface area contributed by atoms with Gasteiger partial charge in [-0.05, 0) is 103 Å². The lowest BCUT2D eigenvalue weighted by Crippen LogP contribution is -2.45. The van der Waals surface area contributed by atoms with E-state index in [9.17, 15) is 15.0 Å². The Morgan fingerprint density at radius 1 is 0.379 bits per heavy atom. The molecule has 0 heterocycles. The summed E-state index contributed by atoms with van der Waals surface area (Å²) in [6.45, 7) is 4.17. The number of rotatable bonds is 48. The van der Waals surface area contributed by atoms with Crippen LogP contribution in [0.5, 0.6) is 0 Å². The number of hydrogen-bond acceptors (Lipinski definition) is 3. The number of unbranched alkanes of at least 4 members (excludes halogenated alkanes) is 21. The Bertz CT molecular complexity index is 1350. The van der Waals surface area contributed by atoms with Gasteiger partial charge in [-0.1, -0.05) is 257 Å². The average Bonchev–Trinajstić information content (AvgIpc) is 3.32. The number of aliphatic hydroxyl groups excluding tert-OH is 2. The molecule has 0 saturated carbocycles. The van der Waals surface area contributed by atoms with E-state index in [1.54, 1.807) is 6.08 Å². The van der Waals surface area contributed by atoms with Crippen molar-refractivity contribution >= 4 is 5.91 Å². The van der Waals surface area contributed by atoms with Crippen LogP contribution in [0.3, 0.4) is 0 Å². The lowest BCUT2D eigenvalue weighted by Gasteiger charge is -2.19. The predicted octanol–water partition coefficient (Wildman–Crippen LogP) is 18.2. The van der Waals surface area contributed by atoms with E-state index in [1.807, 2.05) is 6.08 Å². The van der Waals surface area contributed by atoms with Gasteiger partial charge in [-0.2, -0.15) is 0 Å². The number of allylic oxidation sites excluding steroid dienone is 21. The Morgan fingerprint density at radius 3 is 1.06 bits per heavy atom. The van der Waals surface area contributed by atoms with Crippen LogP contribution in [0.4, 0.5) is 0 Å². The standard InChI is InChI=1S/C62H103NO3/c1-3-5-7-9-11-13-15-17-19-21-23-25-26-27-28-29-30-31-32-33-34-35-36-38-40-42-44-46-48-50-52-54-56-58-62(66)63-60(59-64)61(65)57-55-53-51-49-47-45-43-41-39-37-24-22-20-18-16-14-12-10-8-6-4-2/h5,7,11,13,17,19,23,25,27-28,30-31,33-34,36,38,42,44,47,49,55,57,60-61,64-65H,3-4,6,8-10,12,14-16,18,20-22,24,26,29,32,35,37,39-41,43,45-46,48,50-54,56,58-59H2,1-2H3,(H,63,66)/b7-5-,13-11-,19-17-,25-23-,28-27-,31-30-,34-33-,38-36-,44-42-,49-47+,57-55+. The molecular weight excluding hydrogens is 807 g/mol. The molecule has 0 saturated heterocycles. The maximum atomic E-state index is 12.5. The highest BCUT2D eigenvalue weighted by Crippen LogP contribution is 2.14. The van der Waals surface area contributed by atoms with Gasteiger partial charge >= 0.3 is 0 Å². The molecule has 374 valence electrons. The summed E-state index contributed by atoms with van der Waals surface area (Å²) < 4.78 is 0. The zero-order chi connectivity index (χ0) is 47.7. The topological polar surface area (TPSA) is 69.6 Å². The van der Waals surface area contributed by atoms with Crippen molar-refractivity contribution in [2.45, 2.75) is 244 Å². The third-order valence-corrected chi connectivity index (χ3v) is 11.6. The van der Waals surface area contributed by atoms with Crippen LogP contribution in [0.15, 0.2) is 134 Å². The molecule has 2 atom stereocenters. The third-order valence-electron chi connectivity index (χ3n) is 11.6. The number of hydrogen-bond donors (Lipinski definition) is 3. The number of nitrogens with one attached hydrogen (secondary N) is 1. The fraction of sp³-hybridized carbons (Fsp3) is 0.629. The molecular formula is C62H103NO3. The van der Waals surface area contributed by atoms with E-state index in [2.05, 4.69) is 141 Å². The van der Waals surface area contributed by atoms with Gasteiger partial charge in [0.15, 0.2) is 0 Å². The van der Waals surface area contributed by atoms with Crippen molar-refractivity contribution in [2.75, 3.05) is 6.61 Å². The van der Waals surface area contributed by atoms with E-state index in [0.29, 0.717) is 6.42 Å². The third kappa shape index (κ3) is 51.5. The highest BCUT2D eigenvalue weighted by molar-refractivity contribution is 5.76. The zero-order valence-electron chi connectivity index (χ0n) is 42.9. The second kappa shape index (κ2) is 55.9. The van der Waals surface area contributed by atoms with Gasteiger partial charge in [-0.25, -0.2) is 0 Å². The monoisotopic (exact) mass is 910 g/mol. The molecule has 2 unspecified atom stereocenters. The van der Waals surface area contributed by atoms with Gasteiger partial charge in [0, 0.05) is 6.42 Å². The normalized spacial score (nSPS) is 13.9. The summed E-state index contributed by atoms with van der Waals surface area (Å²) in [6.07, 6.45) is 87.4. The molecule has 0 aromatic rings. The van der Waals surface area contributed by atoms with E-state index in [0.717, 1.165) is 103 Å². The first-order valence-electron chi connectivity index (χ1n) is 27.4. The van der Waals surface area contributed by atoms with Crippen LogP contribution in [0.25, 0.3) is 0 Å². The van der Waals surface area contributed by atoms with Crippen LogP contribution in [-0.4, -0.2) is 34.9 Å². The number of carbonyl (C=O) groups excluding carboxylic acids is 1. The minimum atomic E-state index is -0.881. The van der Waals surface area contributed by atoms with Gasteiger partial charge in [0.25, 0.3) is 0 Å². The van der Waals surface area contributed by atoms with Crippen LogP contribution < -0.4 is 5.32 Å². The minimum Gasteiger partial charge on any atom is -0.394 e. The van der Waals surface area contributed by atoms with Gasteiger partial charge in [0.1, 0.15) is 0 Å². The van der Waals surface area contributed by atoms with Gasteiger partial charge in [0.05, 0.1) is 18.8 Å². The molecule has 0 radical (unpaired) electrons. The van der Waals surface area contributed by atoms with Gasteiger partial charge < -0.3 is 15.5 Å². The predicted molar refractivity (Wildman–Crippen MR) is 294 cm³/mol. The second-order valence-corrected chi connectivity index (χ2v) is 17.9. The molecule has 0 rings (SSSR count). The number of aliphatic hydroxyl groups is 2. The quantitative estimate of drug-likeness (QED) is 0.0421. The maximum absolute atomic E-state index is 12.5. The molecule has 66 heavy (non-hydrogen) atoms. The molecule has 4 heteroatoms. The summed E-state index contributed by atoms with van der Waals surface area (Å²) in [4.78, 5) is 12.5. The van der Waals surface area contributed by atoms with Crippen LogP contribution in [0, 0.1) is 0 Å². The first kappa shape index (κ1) is 62.5. The Kier molecular flexibility index (Phi) is 52.9. The van der Waals surface area contributed by atoms with Crippen LogP contribution >= 0.6 is 0 Å². The molecule has 0 aliphatic carbocycles. The Labute approximate surface area is 409 Å². The van der Waals surface area contributed by atoms with Crippen LogP contribution in [0.1, 0.15) is 232 Å². The van der Waals surface area contributed by atoms with Gasteiger partial charge in [-0.3, -0.25) is 4.79 Å². The molecule has 0 fully saturated rings. The fourth-order valence-electron chi connectivity index (χ4n) is 7.48. The van der Waals surface area contributed by atoms with Crippen molar-refractivity contribution in [2.24, 2.45) is 0 Å². The van der Waals surface area contributed by atoms with E-state index >= 15 is 0 Å². The number of carbonyl (C=O) groups is 1. The van der Waals surface area contributed by atoms with Crippen molar-refractivity contribution in [1.29, 1.82) is 0 Å². The van der Waals surface area contributed by atoms with Crippen molar-refractivity contribution in [3.05, 3.63) is 134 Å². The Balaban J connectivity index is 3.70. The summed E-state index contributed by atoms with van der Waals surface area (Å²) >= 11 is 0. The van der Waals surface area contributed by atoms with Gasteiger partial charge in [0.2, 0.25) is 5.91 Å². The molecule has 1 amide bonds. The van der Waals surface area contributed by atoms with Crippen LogP contribution in [0.2, 0.25) is 0 Å². The van der Waals surface area contributed by atoms with Crippen molar-refractivity contribution in [3.63, 3.8) is 0 Å². The highest BCUT2D eigenvalue weighted by atomic mass is 16.3. The van der Waals surface area contributed by atoms with Crippen molar-refractivity contribution in [1.82, 2.24) is 5.32 Å². The Hall–Kier alpha value is -3.47. The lowest BCUT2D eigenvalue weighted by molar-refractivity contribution is -0.123. The van der Waals surface area contributed by atoms with Gasteiger partial charge in [-0.15, -0.1) is 0 Å². The van der Waals surface area contributed by atoms with Crippen LogP contribution in [-0.2, 0) is 4.79 Å². The molecule has 3 N–H and O–H groups in total. The largest absolute Gasteiger partial charge is 0.394 e. The summed E-state index contributed by atoms with van der Waals surface area (Å²) in [5, 5.41) is 23.1. The van der Waals surface area contributed by atoms with Crippen molar-refractivity contribution in [3.8, 4) is 0 Å². The Morgan fingerprint density at radius 2 is 0.682 bits per heavy atom. The smallest absolute Gasteiger partial charge is 0.220 e. The molecule has 4 nitrogen and oxygen atoms in total. The number of amides is 1. The first-order chi connectivity index (χ1) is 32.7. The molecule has 0 aliphatic heterocycles. The molecule has 0 bridgehead atoms. The molecule has 0 aromatic heterocycles. The minimum absolute atomic E-state index is 0.0976. The lowest BCUT2D eigenvalue weighted by atomic mass is 10.0. The van der Waals surface area contributed by atoms with E-state index in [-0.39, 0.29) is 12.5 Å². The SMILES string of the molecule is CC/C=C\C/C=C\C/C=C\C/C=C\C/C=C\C/C=C\C/C=C\C/C=C\C/C=C\CCCCCCCC(=O)NC(CO)C(O)/C=C/CC/C=C/CCCCCCCCCCCCCCCCC. The first-order valence-corrected chi connectivity index (χ1v) is 27.4. The highest BCUT2D eigenvalue weighted by Gasteiger charge is 2.17. The molecule has 0 aromatic carbocycles. The zero-order valence-corrected chi connectivity index (χ0v) is 42.9. The maximum Gasteiger partial charge on any atom is 0.220 e. The average molecular weight is 911 g/mol.